The Labute approximate surface area is 148 Å². The normalized spacial score (nSPS) is 15.5. The number of hydrogen-bond acceptors (Lipinski definition) is 4. The average molecular weight is 346 g/mol. The van der Waals surface area contributed by atoms with E-state index in [0.717, 1.165) is 62.2 Å². The topological polar surface area (TPSA) is 41.7 Å². The predicted octanol–water partition coefficient (Wildman–Crippen LogP) is 3.51. The van der Waals surface area contributed by atoms with Gasteiger partial charge in [-0.2, -0.15) is 0 Å². The Morgan fingerprint density at radius 1 is 0.917 bits per heavy atom. The van der Waals surface area contributed by atoms with Crippen molar-refractivity contribution in [2.24, 2.45) is 0 Å². The molecule has 0 atom stereocenters. The minimum atomic E-state index is 0.737. The van der Waals surface area contributed by atoms with Gasteiger partial charge in [0.25, 0.3) is 0 Å². The lowest BCUT2D eigenvalue weighted by atomic mass is 10.2. The summed E-state index contributed by atoms with van der Waals surface area (Å²) in [7, 11) is 0. The van der Waals surface area contributed by atoms with E-state index in [4.69, 9.17) is 22.1 Å². The molecule has 0 aliphatic carbocycles. The van der Waals surface area contributed by atoms with Gasteiger partial charge in [0.15, 0.2) is 0 Å². The predicted molar refractivity (Wildman–Crippen MR) is 101 cm³/mol. The van der Waals surface area contributed by atoms with Crippen molar-refractivity contribution in [3.05, 3.63) is 53.6 Å². The zero-order valence-electron chi connectivity index (χ0n) is 13.8. The van der Waals surface area contributed by atoms with Crippen molar-refractivity contribution in [3.63, 3.8) is 0 Å². The number of rotatable bonds is 6. The monoisotopic (exact) mass is 345 g/mol. The number of hydrogen-bond donors (Lipinski definition) is 1. The SMILES string of the molecule is Nc1ccc(OCCCN2CCN(c3ccc(Cl)cc3)CC2)cc1. The Morgan fingerprint density at radius 2 is 1.58 bits per heavy atom. The molecule has 0 bridgehead atoms. The van der Waals surface area contributed by atoms with Crippen LogP contribution in [-0.2, 0) is 0 Å². The summed E-state index contributed by atoms with van der Waals surface area (Å²) in [6, 6.07) is 15.7. The summed E-state index contributed by atoms with van der Waals surface area (Å²) < 4.78 is 5.75. The quantitative estimate of drug-likeness (QED) is 0.642. The molecule has 3 rings (SSSR count). The number of anilines is 2. The first-order valence-electron chi connectivity index (χ1n) is 8.42. The van der Waals surface area contributed by atoms with Crippen LogP contribution in [0.1, 0.15) is 6.42 Å². The zero-order valence-corrected chi connectivity index (χ0v) is 14.6. The molecule has 0 aromatic heterocycles. The van der Waals surface area contributed by atoms with Gasteiger partial charge < -0.3 is 15.4 Å². The smallest absolute Gasteiger partial charge is 0.119 e. The van der Waals surface area contributed by atoms with Crippen molar-refractivity contribution in [1.29, 1.82) is 0 Å². The highest BCUT2D eigenvalue weighted by molar-refractivity contribution is 6.30. The van der Waals surface area contributed by atoms with E-state index in [-0.39, 0.29) is 0 Å². The highest BCUT2D eigenvalue weighted by atomic mass is 35.5. The molecule has 1 aliphatic rings. The molecule has 2 aromatic rings. The van der Waals surface area contributed by atoms with Crippen molar-refractivity contribution in [2.45, 2.75) is 6.42 Å². The van der Waals surface area contributed by atoms with Crippen LogP contribution in [-0.4, -0.2) is 44.2 Å². The fraction of sp³-hybridized carbons (Fsp3) is 0.368. The Morgan fingerprint density at radius 3 is 2.25 bits per heavy atom. The lowest BCUT2D eigenvalue weighted by Gasteiger charge is -2.36. The molecule has 128 valence electrons. The van der Waals surface area contributed by atoms with Crippen LogP contribution in [0.4, 0.5) is 11.4 Å². The number of piperazine rings is 1. The molecule has 1 aliphatic heterocycles. The standard InChI is InChI=1S/C19H24ClN3O/c20-16-2-6-18(7-3-16)23-13-11-22(12-14-23)10-1-15-24-19-8-4-17(21)5-9-19/h2-9H,1,10-15,21H2. The van der Waals surface area contributed by atoms with Gasteiger partial charge >= 0.3 is 0 Å². The summed E-state index contributed by atoms with van der Waals surface area (Å²) in [6.45, 7) is 6.10. The number of nitrogens with zero attached hydrogens (tertiary/aromatic N) is 2. The lowest BCUT2D eigenvalue weighted by Crippen LogP contribution is -2.46. The molecular formula is C19H24ClN3O. The molecule has 24 heavy (non-hydrogen) atoms. The molecular weight excluding hydrogens is 322 g/mol. The largest absolute Gasteiger partial charge is 0.494 e. The van der Waals surface area contributed by atoms with Crippen molar-refractivity contribution >= 4 is 23.0 Å². The maximum atomic E-state index is 5.95. The fourth-order valence-corrected chi connectivity index (χ4v) is 3.05. The first kappa shape index (κ1) is 16.9. The van der Waals surface area contributed by atoms with Gasteiger partial charge in [-0.3, -0.25) is 4.90 Å². The molecule has 1 heterocycles. The maximum Gasteiger partial charge on any atom is 0.119 e. The third-order valence-corrected chi connectivity index (χ3v) is 4.58. The molecule has 5 heteroatoms. The number of nitrogen functional groups attached to an aromatic ring is 1. The second-order valence-corrected chi connectivity index (χ2v) is 6.51. The molecule has 0 spiro atoms. The van der Waals surface area contributed by atoms with E-state index >= 15 is 0 Å². The van der Waals surface area contributed by atoms with E-state index < -0.39 is 0 Å². The Hall–Kier alpha value is -1.91. The van der Waals surface area contributed by atoms with Crippen LogP contribution in [0.2, 0.25) is 5.02 Å². The first-order valence-corrected chi connectivity index (χ1v) is 8.80. The van der Waals surface area contributed by atoms with E-state index in [2.05, 4.69) is 21.9 Å². The number of benzene rings is 2. The summed E-state index contributed by atoms with van der Waals surface area (Å²) in [4.78, 5) is 4.91. The van der Waals surface area contributed by atoms with Gasteiger partial charge in [0.2, 0.25) is 0 Å². The molecule has 1 saturated heterocycles. The zero-order chi connectivity index (χ0) is 16.8. The van der Waals surface area contributed by atoms with E-state index in [1.54, 1.807) is 0 Å². The maximum absolute atomic E-state index is 5.95. The lowest BCUT2D eigenvalue weighted by molar-refractivity contribution is 0.225. The van der Waals surface area contributed by atoms with Crippen LogP contribution in [0.3, 0.4) is 0 Å². The third kappa shape index (κ3) is 4.79. The molecule has 0 radical (unpaired) electrons. The summed E-state index contributed by atoms with van der Waals surface area (Å²) in [5, 5.41) is 0.790. The van der Waals surface area contributed by atoms with Crippen molar-refractivity contribution in [3.8, 4) is 5.75 Å². The summed E-state index contributed by atoms with van der Waals surface area (Å²) >= 11 is 5.95. The molecule has 2 N–H and O–H groups in total. The summed E-state index contributed by atoms with van der Waals surface area (Å²) in [5.41, 5.74) is 7.69. The number of halogens is 1. The van der Waals surface area contributed by atoms with Gasteiger partial charge in [0, 0.05) is 49.1 Å². The molecule has 1 fully saturated rings. The average Bonchev–Trinajstić information content (AvgIpc) is 2.62. The third-order valence-electron chi connectivity index (χ3n) is 4.33. The minimum Gasteiger partial charge on any atom is -0.494 e. The first-order chi connectivity index (χ1) is 11.7. The van der Waals surface area contributed by atoms with Gasteiger partial charge in [-0.1, -0.05) is 11.6 Å². The molecule has 0 saturated carbocycles. The fourth-order valence-electron chi connectivity index (χ4n) is 2.92. The van der Waals surface area contributed by atoms with Crippen LogP contribution in [0.25, 0.3) is 0 Å². The van der Waals surface area contributed by atoms with Gasteiger partial charge in [-0.25, -0.2) is 0 Å². The van der Waals surface area contributed by atoms with Gasteiger partial charge in [-0.05, 0) is 55.0 Å². The summed E-state index contributed by atoms with van der Waals surface area (Å²) in [6.07, 6.45) is 1.03. The second-order valence-electron chi connectivity index (χ2n) is 6.08. The van der Waals surface area contributed by atoms with Crippen LogP contribution < -0.4 is 15.4 Å². The number of ether oxygens (including phenoxy) is 1. The minimum absolute atomic E-state index is 0.737. The van der Waals surface area contributed by atoms with Crippen molar-refractivity contribution in [1.82, 2.24) is 4.90 Å². The van der Waals surface area contributed by atoms with Crippen molar-refractivity contribution in [2.75, 3.05) is 50.0 Å². The molecule has 2 aromatic carbocycles. The second kappa shape index (κ2) is 8.27. The molecule has 4 nitrogen and oxygen atoms in total. The van der Waals surface area contributed by atoms with Crippen LogP contribution >= 0.6 is 11.6 Å². The number of nitrogens with two attached hydrogens (primary N) is 1. The molecule has 0 unspecified atom stereocenters. The van der Waals surface area contributed by atoms with Gasteiger partial charge in [0.1, 0.15) is 5.75 Å². The Balaban J connectivity index is 1.35. The van der Waals surface area contributed by atoms with E-state index in [9.17, 15) is 0 Å². The molecule has 0 amide bonds. The van der Waals surface area contributed by atoms with Crippen LogP contribution in [0.15, 0.2) is 48.5 Å². The van der Waals surface area contributed by atoms with Gasteiger partial charge in [0.05, 0.1) is 6.61 Å². The highest BCUT2D eigenvalue weighted by Crippen LogP contribution is 2.19. The van der Waals surface area contributed by atoms with Crippen LogP contribution in [0.5, 0.6) is 5.75 Å². The highest BCUT2D eigenvalue weighted by Gasteiger charge is 2.16. The Bertz CT molecular complexity index is 622. The summed E-state index contributed by atoms with van der Waals surface area (Å²) in [5.74, 6) is 0.886. The van der Waals surface area contributed by atoms with Gasteiger partial charge in [-0.15, -0.1) is 0 Å². The van der Waals surface area contributed by atoms with E-state index in [1.165, 1.54) is 5.69 Å². The Kier molecular flexibility index (Phi) is 5.83. The van der Waals surface area contributed by atoms with E-state index in [1.807, 2.05) is 36.4 Å². The van der Waals surface area contributed by atoms with Crippen molar-refractivity contribution < 1.29 is 4.74 Å². The van der Waals surface area contributed by atoms with Crippen LogP contribution in [0, 0.1) is 0 Å². The van der Waals surface area contributed by atoms with E-state index in [0.29, 0.717) is 0 Å².